The fourth-order valence-corrected chi connectivity index (χ4v) is 1.31. The van der Waals surface area contributed by atoms with E-state index >= 15 is 0 Å². The SMILES string of the molecule is C#CCCCn1ccc(C(O)C(F)(F)F)c1. The van der Waals surface area contributed by atoms with Crippen molar-refractivity contribution in [2.24, 2.45) is 0 Å². The number of hydrogen-bond acceptors (Lipinski definition) is 1. The summed E-state index contributed by atoms with van der Waals surface area (Å²) in [6.07, 6.45) is 2.09. The highest BCUT2D eigenvalue weighted by Crippen LogP contribution is 2.32. The lowest BCUT2D eigenvalue weighted by Gasteiger charge is -2.12. The van der Waals surface area contributed by atoms with Gasteiger partial charge in [-0.15, -0.1) is 12.3 Å². The predicted octanol–water partition coefficient (Wildman–Crippen LogP) is 2.50. The van der Waals surface area contributed by atoms with Crippen molar-refractivity contribution >= 4 is 0 Å². The van der Waals surface area contributed by atoms with Gasteiger partial charge in [-0.1, -0.05) is 0 Å². The zero-order valence-corrected chi connectivity index (χ0v) is 8.54. The minimum absolute atomic E-state index is 0.145. The van der Waals surface area contributed by atoms with Crippen molar-refractivity contribution in [1.82, 2.24) is 4.57 Å². The lowest BCUT2D eigenvalue weighted by Crippen LogP contribution is -2.19. The van der Waals surface area contributed by atoms with Gasteiger partial charge in [0.15, 0.2) is 6.10 Å². The van der Waals surface area contributed by atoms with Crippen molar-refractivity contribution in [3.63, 3.8) is 0 Å². The number of alkyl halides is 3. The fourth-order valence-electron chi connectivity index (χ4n) is 1.31. The highest BCUT2D eigenvalue weighted by Gasteiger charge is 2.39. The summed E-state index contributed by atoms with van der Waals surface area (Å²) in [4.78, 5) is 0. The monoisotopic (exact) mass is 231 g/mol. The molecule has 1 aromatic heterocycles. The van der Waals surface area contributed by atoms with E-state index in [4.69, 9.17) is 11.5 Å². The van der Waals surface area contributed by atoms with Gasteiger partial charge in [0.1, 0.15) is 0 Å². The Morgan fingerprint density at radius 2 is 2.19 bits per heavy atom. The molecule has 16 heavy (non-hydrogen) atoms. The molecule has 0 aliphatic carbocycles. The smallest absolute Gasteiger partial charge is 0.379 e. The second kappa shape index (κ2) is 5.08. The highest BCUT2D eigenvalue weighted by molar-refractivity contribution is 5.15. The Bertz CT molecular complexity index is 375. The van der Waals surface area contributed by atoms with Crippen LogP contribution in [0.1, 0.15) is 24.5 Å². The van der Waals surface area contributed by atoms with Gasteiger partial charge in [0.2, 0.25) is 0 Å². The second-order valence-corrected chi connectivity index (χ2v) is 3.43. The fraction of sp³-hybridized carbons (Fsp3) is 0.455. The van der Waals surface area contributed by atoms with Gasteiger partial charge in [-0.2, -0.15) is 13.2 Å². The van der Waals surface area contributed by atoms with Crippen molar-refractivity contribution in [3.8, 4) is 12.3 Å². The normalized spacial score (nSPS) is 13.4. The van der Waals surface area contributed by atoms with Gasteiger partial charge in [-0.25, -0.2) is 0 Å². The lowest BCUT2D eigenvalue weighted by molar-refractivity contribution is -0.206. The maximum atomic E-state index is 12.2. The van der Waals surface area contributed by atoms with Crippen LogP contribution in [-0.4, -0.2) is 15.8 Å². The highest BCUT2D eigenvalue weighted by atomic mass is 19.4. The summed E-state index contributed by atoms with van der Waals surface area (Å²) < 4.78 is 38.1. The molecule has 88 valence electrons. The standard InChI is InChI=1S/C11H12F3NO/c1-2-3-4-6-15-7-5-9(8-15)10(16)11(12,13)14/h1,5,7-8,10,16H,3-4,6H2. The molecule has 0 saturated carbocycles. The minimum atomic E-state index is -4.62. The van der Waals surface area contributed by atoms with Crippen LogP contribution in [-0.2, 0) is 6.54 Å². The number of halogens is 3. The minimum Gasteiger partial charge on any atom is -0.379 e. The number of aliphatic hydroxyl groups is 1. The van der Waals surface area contributed by atoms with Gasteiger partial charge >= 0.3 is 6.18 Å². The van der Waals surface area contributed by atoms with Crippen LogP contribution < -0.4 is 0 Å². The number of unbranched alkanes of at least 4 members (excludes halogenated alkanes) is 1. The zero-order valence-electron chi connectivity index (χ0n) is 8.54. The number of aryl methyl sites for hydroxylation is 1. The molecule has 0 saturated heterocycles. The van der Waals surface area contributed by atoms with Gasteiger partial charge in [-0.05, 0) is 12.5 Å². The molecule has 0 amide bonds. The van der Waals surface area contributed by atoms with Crippen molar-refractivity contribution in [2.75, 3.05) is 0 Å². The largest absolute Gasteiger partial charge is 0.418 e. The summed E-state index contributed by atoms with van der Waals surface area (Å²) in [5.41, 5.74) is -0.145. The van der Waals surface area contributed by atoms with Gasteiger partial charge < -0.3 is 9.67 Å². The van der Waals surface area contributed by atoms with E-state index in [0.29, 0.717) is 19.4 Å². The molecule has 1 unspecified atom stereocenters. The van der Waals surface area contributed by atoms with Crippen molar-refractivity contribution < 1.29 is 18.3 Å². The molecular formula is C11H12F3NO. The lowest BCUT2D eigenvalue weighted by atomic mass is 10.2. The molecule has 1 heterocycles. The third-order valence-corrected chi connectivity index (χ3v) is 2.14. The third-order valence-electron chi connectivity index (χ3n) is 2.14. The molecule has 1 aromatic rings. The van der Waals surface area contributed by atoms with Crippen LogP contribution in [0.3, 0.4) is 0 Å². The molecule has 0 fully saturated rings. The summed E-state index contributed by atoms with van der Waals surface area (Å²) in [5.74, 6) is 2.45. The summed E-state index contributed by atoms with van der Waals surface area (Å²) in [5, 5.41) is 8.97. The van der Waals surface area contributed by atoms with E-state index in [1.54, 1.807) is 4.57 Å². The molecule has 1 N–H and O–H groups in total. The molecule has 0 aromatic carbocycles. The zero-order chi connectivity index (χ0) is 12.2. The van der Waals surface area contributed by atoms with Crippen molar-refractivity contribution in [1.29, 1.82) is 0 Å². The Labute approximate surface area is 91.7 Å². The Kier molecular flexibility index (Phi) is 4.02. The first-order chi connectivity index (χ1) is 7.45. The summed E-state index contributed by atoms with van der Waals surface area (Å²) in [7, 11) is 0. The first-order valence-electron chi connectivity index (χ1n) is 4.79. The topological polar surface area (TPSA) is 25.2 Å². The number of nitrogens with zero attached hydrogens (tertiary/aromatic N) is 1. The van der Waals surface area contributed by atoms with E-state index in [-0.39, 0.29) is 5.56 Å². The average molecular weight is 231 g/mol. The molecular weight excluding hydrogens is 219 g/mol. The van der Waals surface area contributed by atoms with Gasteiger partial charge in [0.25, 0.3) is 0 Å². The van der Waals surface area contributed by atoms with Crippen LogP contribution in [0.25, 0.3) is 0 Å². The second-order valence-electron chi connectivity index (χ2n) is 3.43. The van der Waals surface area contributed by atoms with E-state index in [9.17, 15) is 13.2 Å². The maximum absolute atomic E-state index is 12.2. The Hall–Kier alpha value is -1.41. The summed E-state index contributed by atoms with van der Waals surface area (Å²) >= 11 is 0. The molecule has 1 rings (SSSR count). The summed E-state index contributed by atoms with van der Waals surface area (Å²) in [6.45, 7) is 0.550. The van der Waals surface area contributed by atoms with Crippen LogP contribution in [0.2, 0.25) is 0 Å². The van der Waals surface area contributed by atoms with E-state index in [1.807, 2.05) is 0 Å². The molecule has 0 spiro atoms. The number of aromatic nitrogens is 1. The third kappa shape index (κ3) is 3.31. The molecule has 0 aliphatic heterocycles. The van der Waals surface area contributed by atoms with Gasteiger partial charge in [0, 0.05) is 30.9 Å². The first-order valence-corrected chi connectivity index (χ1v) is 4.79. The number of terminal acetylenes is 1. The van der Waals surface area contributed by atoms with Gasteiger partial charge in [-0.3, -0.25) is 0 Å². The Morgan fingerprint density at radius 1 is 1.50 bits per heavy atom. The number of hydrogen-bond donors (Lipinski definition) is 1. The van der Waals surface area contributed by atoms with Crippen LogP contribution in [0.15, 0.2) is 18.5 Å². The number of rotatable bonds is 4. The first kappa shape index (κ1) is 12.7. The van der Waals surface area contributed by atoms with E-state index < -0.39 is 12.3 Å². The van der Waals surface area contributed by atoms with Crippen LogP contribution >= 0.6 is 0 Å². The van der Waals surface area contributed by atoms with Crippen LogP contribution in [0.4, 0.5) is 13.2 Å². The Morgan fingerprint density at radius 3 is 2.75 bits per heavy atom. The van der Waals surface area contributed by atoms with E-state index in [1.165, 1.54) is 18.5 Å². The van der Waals surface area contributed by atoms with Crippen LogP contribution in [0, 0.1) is 12.3 Å². The Balaban J connectivity index is 2.61. The molecule has 0 radical (unpaired) electrons. The van der Waals surface area contributed by atoms with Crippen LogP contribution in [0.5, 0.6) is 0 Å². The predicted molar refractivity (Wildman–Crippen MR) is 53.5 cm³/mol. The van der Waals surface area contributed by atoms with E-state index in [2.05, 4.69) is 5.92 Å². The average Bonchev–Trinajstić information content (AvgIpc) is 2.64. The molecule has 5 heteroatoms. The van der Waals surface area contributed by atoms with E-state index in [0.717, 1.165) is 0 Å². The molecule has 2 nitrogen and oxygen atoms in total. The molecule has 0 aliphatic rings. The summed E-state index contributed by atoms with van der Waals surface area (Å²) in [6, 6.07) is 1.26. The number of aliphatic hydroxyl groups excluding tert-OH is 1. The molecule has 1 atom stereocenters. The molecule has 0 bridgehead atoms. The van der Waals surface area contributed by atoms with Crippen molar-refractivity contribution in [3.05, 3.63) is 24.0 Å². The van der Waals surface area contributed by atoms with Crippen molar-refractivity contribution in [2.45, 2.75) is 31.7 Å². The quantitative estimate of drug-likeness (QED) is 0.625. The van der Waals surface area contributed by atoms with Gasteiger partial charge in [0.05, 0.1) is 0 Å². The maximum Gasteiger partial charge on any atom is 0.418 e.